The Morgan fingerprint density at radius 1 is 1.26 bits per heavy atom. The van der Waals surface area contributed by atoms with Crippen molar-refractivity contribution in [3.8, 4) is 5.82 Å². The van der Waals surface area contributed by atoms with Crippen LogP contribution in [0, 0.1) is 0 Å². The topological polar surface area (TPSA) is 35.6 Å². The minimum absolute atomic E-state index is 0.508. The maximum atomic E-state index is 6.30. The van der Waals surface area contributed by atoms with E-state index in [9.17, 15) is 0 Å². The van der Waals surface area contributed by atoms with Crippen molar-refractivity contribution in [2.24, 2.45) is 7.05 Å². The summed E-state index contributed by atoms with van der Waals surface area (Å²) in [6, 6.07) is 7.63. The molecule has 0 spiro atoms. The van der Waals surface area contributed by atoms with Gasteiger partial charge in [-0.3, -0.25) is 9.25 Å². The summed E-state index contributed by atoms with van der Waals surface area (Å²) in [4.78, 5) is 4.59. The molecule has 1 aromatic carbocycles. The van der Waals surface area contributed by atoms with Gasteiger partial charge in [-0.2, -0.15) is 5.10 Å². The number of hydrogen-bond acceptors (Lipinski definition) is 2. The third kappa shape index (κ3) is 2.11. The monoisotopic (exact) mass is 294 g/mol. The van der Waals surface area contributed by atoms with Gasteiger partial charge in [0.15, 0.2) is 5.82 Å². The summed E-state index contributed by atoms with van der Waals surface area (Å²) < 4.78 is 3.72. The van der Waals surface area contributed by atoms with Gasteiger partial charge in [0.25, 0.3) is 0 Å². The lowest BCUT2D eigenvalue weighted by Gasteiger charge is -2.05. The molecule has 4 nitrogen and oxygen atoms in total. The van der Waals surface area contributed by atoms with E-state index >= 15 is 0 Å². The average Bonchev–Trinajstić information content (AvgIpc) is 2.94. The van der Waals surface area contributed by atoms with Crippen molar-refractivity contribution >= 4 is 34.2 Å². The number of rotatable bonds is 3. The van der Waals surface area contributed by atoms with E-state index in [-0.39, 0.29) is 0 Å². The van der Waals surface area contributed by atoms with Crippen LogP contribution in [0.5, 0.6) is 0 Å². The number of benzene rings is 1. The number of alkyl halides is 1. The normalized spacial score (nSPS) is 11.3. The molecule has 0 fully saturated rings. The summed E-state index contributed by atoms with van der Waals surface area (Å²) >= 11 is 12.2. The van der Waals surface area contributed by atoms with E-state index in [2.05, 4.69) is 10.1 Å². The number of halogens is 2. The lowest BCUT2D eigenvalue weighted by atomic mass is 10.3. The average molecular weight is 295 g/mol. The minimum Gasteiger partial charge on any atom is -0.277 e. The van der Waals surface area contributed by atoms with E-state index in [0.29, 0.717) is 17.3 Å². The zero-order valence-electron chi connectivity index (χ0n) is 10.3. The van der Waals surface area contributed by atoms with E-state index in [1.54, 1.807) is 4.68 Å². The van der Waals surface area contributed by atoms with Crippen LogP contribution in [0.4, 0.5) is 0 Å². The molecule has 2 aromatic heterocycles. The molecule has 2 heterocycles. The largest absolute Gasteiger partial charge is 0.277 e. The Labute approximate surface area is 120 Å². The second-order valence-corrected chi connectivity index (χ2v) is 5.04. The van der Waals surface area contributed by atoms with Gasteiger partial charge in [0.05, 0.1) is 16.1 Å². The summed E-state index contributed by atoms with van der Waals surface area (Å²) in [7, 11) is 1.88. The zero-order valence-corrected chi connectivity index (χ0v) is 11.9. The van der Waals surface area contributed by atoms with Gasteiger partial charge in [0, 0.05) is 31.6 Å². The smallest absolute Gasteiger partial charge is 0.160 e. The van der Waals surface area contributed by atoms with E-state index in [1.807, 2.05) is 42.1 Å². The van der Waals surface area contributed by atoms with Gasteiger partial charge in [0.1, 0.15) is 5.82 Å². The molecular weight excluding hydrogens is 283 g/mol. The Kier molecular flexibility index (Phi) is 3.21. The summed E-state index contributed by atoms with van der Waals surface area (Å²) in [6.07, 6.45) is 2.56. The van der Waals surface area contributed by atoms with Crippen molar-refractivity contribution in [2.45, 2.75) is 6.42 Å². The van der Waals surface area contributed by atoms with Crippen LogP contribution in [-0.4, -0.2) is 25.2 Å². The van der Waals surface area contributed by atoms with Crippen molar-refractivity contribution in [3.63, 3.8) is 0 Å². The molecule has 6 heteroatoms. The number of para-hydroxylation sites is 1. The molecule has 98 valence electrons. The molecule has 3 aromatic rings. The number of aryl methyl sites for hydroxylation is 2. The highest BCUT2D eigenvalue weighted by Crippen LogP contribution is 2.27. The Bertz CT molecular complexity index is 729. The van der Waals surface area contributed by atoms with Crippen molar-refractivity contribution in [1.29, 1.82) is 0 Å². The summed E-state index contributed by atoms with van der Waals surface area (Å²) in [5, 5.41) is 5.09. The molecule has 0 bridgehead atoms. The summed E-state index contributed by atoms with van der Waals surface area (Å²) in [5.41, 5.74) is 1.74. The first-order valence-electron chi connectivity index (χ1n) is 5.92. The Morgan fingerprint density at radius 2 is 2.11 bits per heavy atom. The van der Waals surface area contributed by atoms with Crippen molar-refractivity contribution in [2.75, 3.05) is 5.88 Å². The predicted molar refractivity (Wildman–Crippen MR) is 77.3 cm³/mol. The van der Waals surface area contributed by atoms with Crippen LogP contribution in [0.1, 0.15) is 5.82 Å². The third-order valence-corrected chi connectivity index (χ3v) is 3.44. The van der Waals surface area contributed by atoms with E-state index in [4.69, 9.17) is 23.2 Å². The summed E-state index contributed by atoms with van der Waals surface area (Å²) in [5.74, 6) is 2.18. The second-order valence-electron chi connectivity index (χ2n) is 4.26. The van der Waals surface area contributed by atoms with E-state index in [1.165, 1.54) is 0 Å². The van der Waals surface area contributed by atoms with Crippen LogP contribution in [-0.2, 0) is 13.5 Å². The number of hydrogen-bond donors (Lipinski definition) is 0. The number of imidazole rings is 1. The van der Waals surface area contributed by atoms with Gasteiger partial charge in [-0.1, -0.05) is 17.7 Å². The Morgan fingerprint density at radius 3 is 2.79 bits per heavy atom. The molecule has 0 unspecified atom stereocenters. The van der Waals surface area contributed by atoms with Gasteiger partial charge >= 0.3 is 0 Å². The first-order chi connectivity index (χ1) is 9.20. The standard InChI is InChI=1S/C13H12Cl2N4/c1-18-8-6-12(17-18)19-11(5-7-14)16-10-4-2-3-9(15)13(10)19/h2-4,6,8H,5,7H2,1H3. The highest BCUT2D eigenvalue weighted by molar-refractivity contribution is 6.35. The number of aromatic nitrogens is 4. The second kappa shape index (κ2) is 4.87. The molecule has 0 aliphatic carbocycles. The van der Waals surface area contributed by atoms with Crippen molar-refractivity contribution < 1.29 is 0 Å². The highest BCUT2D eigenvalue weighted by atomic mass is 35.5. The van der Waals surface area contributed by atoms with E-state index < -0.39 is 0 Å². The molecule has 0 aliphatic rings. The van der Waals surface area contributed by atoms with Gasteiger partial charge < -0.3 is 0 Å². The number of fused-ring (bicyclic) bond motifs is 1. The molecule has 19 heavy (non-hydrogen) atoms. The minimum atomic E-state index is 0.508. The van der Waals surface area contributed by atoms with Gasteiger partial charge in [0.2, 0.25) is 0 Å². The molecular formula is C13H12Cl2N4. The van der Waals surface area contributed by atoms with Crippen LogP contribution in [0.2, 0.25) is 5.02 Å². The van der Waals surface area contributed by atoms with E-state index in [0.717, 1.165) is 22.7 Å². The SMILES string of the molecule is Cn1ccc(-n2c(CCCl)nc3cccc(Cl)c32)n1. The van der Waals surface area contributed by atoms with Crippen LogP contribution < -0.4 is 0 Å². The predicted octanol–water partition coefficient (Wildman–Crippen LogP) is 3.19. The Hall–Kier alpha value is -1.52. The molecule has 0 aliphatic heterocycles. The fourth-order valence-corrected chi connectivity index (χ4v) is 2.58. The quantitative estimate of drug-likeness (QED) is 0.696. The maximum Gasteiger partial charge on any atom is 0.160 e. The van der Waals surface area contributed by atoms with Gasteiger partial charge in [-0.15, -0.1) is 11.6 Å². The van der Waals surface area contributed by atoms with Gasteiger partial charge in [-0.05, 0) is 12.1 Å². The van der Waals surface area contributed by atoms with Crippen LogP contribution in [0.15, 0.2) is 30.5 Å². The summed E-state index contributed by atoms with van der Waals surface area (Å²) in [6.45, 7) is 0. The lowest BCUT2D eigenvalue weighted by Crippen LogP contribution is -2.04. The molecule has 3 rings (SSSR count). The van der Waals surface area contributed by atoms with Crippen LogP contribution in [0.3, 0.4) is 0 Å². The molecule has 0 saturated carbocycles. The highest BCUT2D eigenvalue weighted by Gasteiger charge is 2.15. The third-order valence-electron chi connectivity index (χ3n) is 2.94. The lowest BCUT2D eigenvalue weighted by molar-refractivity contribution is 0.746. The zero-order chi connectivity index (χ0) is 13.4. The Balaban J connectivity index is 2.33. The molecule has 0 amide bonds. The molecule has 0 radical (unpaired) electrons. The first-order valence-corrected chi connectivity index (χ1v) is 6.84. The van der Waals surface area contributed by atoms with Crippen molar-refractivity contribution in [1.82, 2.24) is 19.3 Å². The van der Waals surface area contributed by atoms with Crippen molar-refractivity contribution in [3.05, 3.63) is 41.3 Å². The van der Waals surface area contributed by atoms with Gasteiger partial charge in [-0.25, -0.2) is 4.98 Å². The van der Waals surface area contributed by atoms with Crippen LogP contribution in [0.25, 0.3) is 16.9 Å². The molecule has 0 N–H and O–H groups in total. The fraction of sp³-hybridized carbons (Fsp3) is 0.231. The molecule has 0 atom stereocenters. The number of nitrogens with zero attached hydrogens (tertiary/aromatic N) is 4. The van der Waals surface area contributed by atoms with Crippen LogP contribution >= 0.6 is 23.2 Å². The first kappa shape index (κ1) is 12.5. The molecule has 0 saturated heterocycles. The maximum absolute atomic E-state index is 6.30. The fourth-order valence-electron chi connectivity index (χ4n) is 2.15.